The Balaban J connectivity index is 1.40. The topological polar surface area (TPSA) is 137 Å². The zero-order chi connectivity index (χ0) is 30.1. The Kier molecular flexibility index (Phi) is 11.2. The van der Waals surface area contributed by atoms with Crippen LogP contribution in [-0.4, -0.2) is 95.0 Å². The first kappa shape index (κ1) is 31.3. The van der Waals surface area contributed by atoms with Gasteiger partial charge < -0.3 is 14.6 Å². The summed E-state index contributed by atoms with van der Waals surface area (Å²) in [5.74, 6) is -2.18. The van der Waals surface area contributed by atoms with Crippen molar-refractivity contribution in [1.82, 2.24) is 25.5 Å². The Morgan fingerprint density at radius 3 is 2.62 bits per heavy atom. The molecule has 3 aromatic rings. The third-order valence-electron chi connectivity index (χ3n) is 6.64. The average molecular weight is 602 g/mol. The maximum Gasteiger partial charge on any atom is 0.336 e. The Bertz CT molecular complexity index is 1380. The summed E-state index contributed by atoms with van der Waals surface area (Å²) in [6.45, 7) is 5.01. The number of benzene rings is 2. The van der Waals surface area contributed by atoms with Gasteiger partial charge in [-0.05, 0) is 41.8 Å². The lowest BCUT2D eigenvalue weighted by atomic mass is 10.0. The molecule has 1 aliphatic heterocycles. The van der Waals surface area contributed by atoms with Crippen LogP contribution in [0, 0.1) is 5.82 Å². The molecular weight excluding hydrogens is 569 g/mol. The summed E-state index contributed by atoms with van der Waals surface area (Å²) in [5.41, 5.74) is 4.40. The summed E-state index contributed by atoms with van der Waals surface area (Å²) in [6, 6.07) is 12.5. The fourth-order valence-electron chi connectivity index (χ4n) is 4.37. The summed E-state index contributed by atoms with van der Waals surface area (Å²) in [4.78, 5) is 39.2. The van der Waals surface area contributed by atoms with Gasteiger partial charge in [-0.3, -0.25) is 25.0 Å². The number of Topliss-reactive ketones (excluding diaryl/α,β-unsaturated/α-hetero) is 1. The molecule has 13 heteroatoms. The van der Waals surface area contributed by atoms with Gasteiger partial charge in [0.25, 0.3) is 5.91 Å². The smallest absolute Gasteiger partial charge is 0.336 e. The number of rotatable bonds is 13. The predicted octanol–water partition coefficient (Wildman–Crippen LogP) is 2.85. The van der Waals surface area contributed by atoms with Gasteiger partial charge in [0.2, 0.25) is 0 Å². The fourth-order valence-corrected chi connectivity index (χ4v) is 4.54. The SMILES string of the molecule is CC(=O)c1cc(C(=O)NN(Cc2ccc(-c3cc(Cl)ccc3F)cc2)CC(O)C(=O)OCCCN2CCOCC2)[nH]n1. The number of carbonyl (C=O) groups is 3. The molecule has 1 saturated heterocycles. The van der Waals surface area contributed by atoms with Crippen LogP contribution in [0.2, 0.25) is 5.02 Å². The van der Waals surface area contributed by atoms with Crippen LogP contribution in [0.5, 0.6) is 0 Å². The summed E-state index contributed by atoms with van der Waals surface area (Å²) < 4.78 is 24.9. The molecule has 1 aromatic heterocycles. The van der Waals surface area contributed by atoms with Crippen molar-refractivity contribution in [2.45, 2.75) is 26.0 Å². The number of aromatic amines is 1. The minimum absolute atomic E-state index is 0.0251. The van der Waals surface area contributed by atoms with Gasteiger partial charge in [0, 0.05) is 43.7 Å². The second kappa shape index (κ2) is 15.0. The van der Waals surface area contributed by atoms with Crippen LogP contribution in [-0.2, 0) is 20.8 Å². The molecule has 0 aliphatic carbocycles. The van der Waals surface area contributed by atoms with E-state index in [1.165, 1.54) is 36.2 Å². The second-order valence-electron chi connectivity index (χ2n) is 9.86. The summed E-state index contributed by atoms with van der Waals surface area (Å²) in [6.07, 6.45) is -0.945. The molecule has 1 atom stereocenters. The number of ether oxygens (including phenoxy) is 2. The molecule has 11 nitrogen and oxygen atoms in total. The molecule has 2 heterocycles. The van der Waals surface area contributed by atoms with Crippen LogP contribution in [0.25, 0.3) is 11.1 Å². The molecule has 1 unspecified atom stereocenters. The molecule has 0 radical (unpaired) electrons. The van der Waals surface area contributed by atoms with E-state index in [1.54, 1.807) is 24.3 Å². The van der Waals surface area contributed by atoms with Crippen molar-refractivity contribution in [3.63, 3.8) is 0 Å². The summed E-state index contributed by atoms with van der Waals surface area (Å²) in [7, 11) is 0. The average Bonchev–Trinajstić information content (AvgIpc) is 3.49. The minimum Gasteiger partial charge on any atom is -0.464 e. The van der Waals surface area contributed by atoms with Crippen molar-refractivity contribution >= 4 is 29.3 Å². The highest BCUT2D eigenvalue weighted by Gasteiger charge is 2.24. The molecule has 1 fully saturated rings. The Hall–Kier alpha value is -3.68. The van der Waals surface area contributed by atoms with Crippen LogP contribution in [0.15, 0.2) is 48.5 Å². The highest BCUT2D eigenvalue weighted by Crippen LogP contribution is 2.26. The summed E-state index contributed by atoms with van der Waals surface area (Å²) >= 11 is 6.03. The highest BCUT2D eigenvalue weighted by atomic mass is 35.5. The zero-order valence-corrected chi connectivity index (χ0v) is 23.9. The van der Waals surface area contributed by atoms with E-state index in [4.69, 9.17) is 21.1 Å². The lowest BCUT2D eigenvalue weighted by Gasteiger charge is -2.26. The molecular formula is C29H33ClFN5O6. The Morgan fingerprint density at radius 1 is 1.19 bits per heavy atom. The number of aliphatic hydroxyl groups is 1. The van der Waals surface area contributed by atoms with E-state index in [0.717, 1.165) is 19.6 Å². The molecule has 0 spiro atoms. The normalized spacial score (nSPS) is 14.5. The number of nitrogens with zero attached hydrogens (tertiary/aromatic N) is 3. The maximum atomic E-state index is 14.3. The van der Waals surface area contributed by atoms with Crippen molar-refractivity contribution in [3.8, 4) is 11.1 Å². The van der Waals surface area contributed by atoms with Crippen LogP contribution >= 0.6 is 11.6 Å². The largest absolute Gasteiger partial charge is 0.464 e. The number of carbonyl (C=O) groups excluding carboxylic acids is 3. The lowest BCUT2D eigenvalue weighted by molar-refractivity contribution is -0.155. The van der Waals surface area contributed by atoms with Crippen LogP contribution < -0.4 is 5.43 Å². The van der Waals surface area contributed by atoms with Crippen molar-refractivity contribution in [2.75, 3.05) is 46.0 Å². The first-order valence-electron chi connectivity index (χ1n) is 13.5. The molecule has 42 heavy (non-hydrogen) atoms. The highest BCUT2D eigenvalue weighted by molar-refractivity contribution is 6.30. The van der Waals surface area contributed by atoms with Crippen LogP contribution in [0.3, 0.4) is 0 Å². The molecule has 2 aromatic carbocycles. The number of H-pyrrole nitrogens is 1. The fraction of sp³-hybridized carbons (Fsp3) is 0.379. The van der Waals surface area contributed by atoms with Crippen molar-refractivity contribution in [2.24, 2.45) is 0 Å². The number of aromatic nitrogens is 2. The molecule has 224 valence electrons. The summed E-state index contributed by atoms with van der Waals surface area (Å²) in [5, 5.41) is 18.7. The monoisotopic (exact) mass is 601 g/mol. The van der Waals surface area contributed by atoms with Gasteiger partial charge in [-0.15, -0.1) is 0 Å². The first-order valence-corrected chi connectivity index (χ1v) is 13.9. The molecule has 3 N–H and O–H groups in total. The number of aliphatic hydroxyl groups excluding tert-OH is 1. The predicted molar refractivity (Wildman–Crippen MR) is 152 cm³/mol. The number of nitrogens with one attached hydrogen (secondary N) is 2. The molecule has 1 amide bonds. The quantitative estimate of drug-likeness (QED) is 0.117. The molecule has 0 bridgehead atoms. The molecule has 1 aliphatic rings. The van der Waals surface area contributed by atoms with Crippen LogP contribution in [0.4, 0.5) is 4.39 Å². The zero-order valence-electron chi connectivity index (χ0n) is 23.1. The lowest BCUT2D eigenvalue weighted by Crippen LogP contribution is -2.47. The number of amides is 1. The van der Waals surface area contributed by atoms with E-state index in [9.17, 15) is 23.9 Å². The van der Waals surface area contributed by atoms with E-state index in [0.29, 0.717) is 41.3 Å². The van der Waals surface area contributed by atoms with Crippen molar-refractivity contribution in [3.05, 3.63) is 76.3 Å². The van der Waals surface area contributed by atoms with Gasteiger partial charge in [-0.25, -0.2) is 14.2 Å². The van der Waals surface area contributed by atoms with E-state index in [1.807, 2.05) is 0 Å². The van der Waals surface area contributed by atoms with Gasteiger partial charge in [-0.1, -0.05) is 35.9 Å². The van der Waals surface area contributed by atoms with E-state index in [-0.39, 0.29) is 36.9 Å². The molecule has 4 rings (SSSR count). The molecule has 0 saturated carbocycles. The number of hydrogen-bond acceptors (Lipinski definition) is 9. The second-order valence-corrected chi connectivity index (χ2v) is 10.3. The van der Waals surface area contributed by atoms with Crippen molar-refractivity contribution in [1.29, 1.82) is 0 Å². The Labute approximate surface area is 247 Å². The third-order valence-corrected chi connectivity index (χ3v) is 6.88. The number of morpholine rings is 1. The van der Waals surface area contributed by atoms with Crippen LogP contribution in [0.1, 0.15) is 39.9 Å². The maximum absolute atomic E-state index is 14.3. The number of esters is 1. The van der Waals surface area contributed by atoms with Gasteiger partial charge in [0.1, 0.15) is 17.2 Å². The van der Waals surface area contributed by atoms with Gasteiger partial charge in [0.15, 0.2) is 11.9 Å². The number of hydrogen-bond donors (Lipinski definition) is 3. The van der Waals surface area contributed by atoms with E-state index >= 15 is 0 Å². The standard InChI is InChI=1S/C29H33ClFN5O6/c1-19(37)25-16-26(33-32-25)28(39)34-36(18-27(38)29(40)42-12-2-9-35-10-13-41-14-11-35)17-20-3-5-21(6-4-20)23-15-22(30)7-8-24(23)31/h3-8,15-16,27,38H,2,9-14,17-18H2,1H3,(H,32,33)(H,34,39). The van der Waals surface area contributed by atoms with Gasteiger partial charge in [0.05, 0.1) is 26.4 Å². The minimum atomic E-state index is -1.55. The number of hydrazine groups is 1. The van der Waals surface area contributed by atoms with Crippen molar-refractivity contribution < 1.29 is 33.4 Å². The Morgan fingerprint density at radius 2 is 1.93 bits per heavy atom. The third kappa shape index (κ3) is 8.91. The van der Waals surface area contributed by atoms with Gasteiger partial charge >= 0.3 is 5.97 Å². The van der Waals surface area contributed by atoms with E-state index in [2.05, 4.69) is 20.5 Å². The van der Waals surface area contributed by atoms with E-state index < -0.39 is 23.8 Å². The number of ketones is 1. The number of halogens is 2. The van der Waals surface area contributed by atoms with Gasteiger partial charge in [-0.2, -0.15) is 5.10 Å². The first-order chi connectivity index (χ1) is 20.2.